The normalized spacial score (nSPS) is 11.8. The summed E-state index contributed by atoms with van der Waals surface area (Å²) in [5.74, 6) is -0.0561. The van der Waals surface area contributed by atoms with Gasteiger partial charge in [-0.1, -0.05) is 28.1 Å². The van der Waals surface area contributed by atoms with Crippen molar-refractivity contribution in [2.45, 2.75) is 17.9 Å². The van der Waals surface area contributed by atoms with Gasteiger partial charge in [0.1, 0.15) is 6.04 Å². The smallest absolute Gasteiger partial charge is 0.246 e. The molecule has 0 aromatic heterocycles. The summed E-state index contributed by atoms with van der Waals surface area (Å²) < 4.78 is 1.01. The Balaban J connectivity index is 2.01. The van der Waals surface area contributed by atoms with E-state index in [9.17, 15) is 4.79 Å². The summed E-state index contributed by atoms with van der Waals surface area (Å²) in [5.41, 5.74) is 1.76. The van der Waals surface area contributed by atoms with Gasteiger partial charge >= 0.3 is 0 Å². The highest BCUT2D eigenvalue weighted by atomic mass is 79.9. The van der Waals surface area contributed by atoms with Crippen molar-refractivity contribution >= 4 is 45.0 Å². The largest absolute Gasteiger partial charge is 0.374 e. The van der Waals surface area contributed by atoms with E-state index < -0.39 is 0 Å². The van der Waals surface area contributed by atoms with Gasteiger partial charge in [-0.2, -0.15) is 0 Å². The zero-order valence-electron chi connectivity index (χ0n) is 11.9. The second-order valence-corrected chi connectivity index (χ2v) is 6.33. The molecule has 0 bridgehead atoms. The third-order valence-corrected chi connectivity index (χ3v) is 4.31. The van der Waals surface area contributed by atoms with Crippen LogP contribution >= 0.6 is 27.7 Å². The maximum Gasteiger partial charge on any atom is 0.246 e. The topological polar surface area (TPSA) is 41.1 Å². The summed E-state index contributed by atoms with van der Waals surface area (Å²) in [6.45, 7) is 1.85. The lowest BCUT2D eigenvalue weighted by atomic mass is 10.2. The molecule has 3 nitrogen and oxygen atoms in total. The third kappa shape index (κ3) is 4.51. The Morgan fingerprint density at radius 3 is 2.48 bits per heavy atom. The number of hydrogen-bond acceptors (Lipinski definition) is 3. The number of halogens is 1. The lowest BCUT2D eigenvalue weighted by Gasteiger charge is -2.16. The quantitative estimate of drug-likeness (QED) is 0.761. The fourth-order valence-corrected chi connectivity index (χ4v) is 2.67. The van der Waals surface area contributed by atoms with E-state index in [4.69, 9.17) is 0 Å². The van der Waals surface area contributed by atoms with Gasteiger partial charge in [-0.25, -0.2) is 0 Å². The van der Waals surface area contributed by atoms with Crippen LogP contribution in [0.5, 0.6) is 0 Å². The molecule has 0 aliphatic rings. The molecule has 1 unspecified atom stereocenters. The van der Waals surface area contributed by atoms with Gasteiger partial charge in [-0.05, 0) is 49.6 Å². The summed E-state index contributed by atoms with van der Waals surface area (Å²) in [4.78, 5) is 13.3. The van der Waals surface area contributed by atoms with Crippen LogP contribution in [-0.4, -0.2) is 18.2 Å². The third-order valence-electron chi connectivity index (χ3n) is 2.99. The van der Waals surface area contributed by atoms with E-state index in [1.165, 1.54) is 0 Å². The van der Waals surface area contributed by atoms with E-state index in [1.807, 2.05) is 61.7 Å². The standard InChI is InChI=1S/C16H17BrN2OS/c1-11(18-13-9-7-12(17)8-10-13)16(20)19-14-5-3-4-6-15(14)21-2/h3-11,18H,1-2H3,(H,19,20). The Morgan fingerprint density at radius 2 is 1.81 bits per heavy atom. The van der Waals surface area contributed by atoms with Crippen LogP contribution < -0.4 is 10.6 Å². The van der Waals surface area contributed by atoms with Gasteiger partial charge in [-0.3, -0.25) is 4.79 Å². The fraction of sp³-hybridized carbons (Fsp3) is 0.188. The predicted octanol–water partition coefficient (Wildman–Crippen LogP) is 4.61. The van der Waals surface area contributed by atoms with Crippen LogP contribution in [0.1, 0.15) is 6.92 Å². The molecule has 0 fully saturated rings. The minimum absolute atomic E-state index is 0.0561. The Hall–Kier alpha value is -1.46. The Bertz CT molecular complexity index is 616. The van der Waals surface area contributed by atoms with Crippen LogP contribution in [0, 0.1) is 0 Å². The zero-order valence-corrected chi connectivity index (χ0v) is 14.3. The number of amides is 1. The van der Waals surface area contributed by atoms with Gasteiger partial charge in [0, 0.05) is 15.1 Å². The lowest BCUT2D eigenvalue weighted by molar-refractivity contribution is -0.116. The first-order chi connectivity index (χ1) is 10.1. The first-order valence-corrected chi connectivity index (χ1v) is 8.58. The number of carbonyl (C=O) groups is 1. The van der Waals surface area contributed by atoms with Crippen molar-refractivity contribution in [2.75, 3.05) is 16.9 Å². The van der Waals surface area contributed by atoms with Crippen LogP contribution in [0.25, 0.3) is 0 Å². The Kier molecular flexibility index (Phi) is 5.70. The summed E-state index contributed by atoms with van der Waals surface area (Å²) in [6.07, 6.45) is 1.99. The minimum Gasteiger partial charge on any atom is -0.374 e. The molecule has 2 rings (SSSR count). The van der Waals surface area contributed by atoms with Crippen LogP contribution in [0.3, 0.4) is 0 Å². The van der Waals surface area contributed by atoms with Gasteiger partial charge in [0.15, 0.2) is 0 Å². The highest BCUT2D eigenvalue weighted by Gasteiger charge is 2.14. The maximum absolute atomic E-state index is 12.3. The Labute approximate surface area is 137 Å². The summed E-state index contributed by atoms with van der Waals surface area (Å²) in [7, 11) is 0. The van der Waals surface area contributed by atoms with E-state index in [2.05, 4.69) is 26.6 Å². The molecule has 0 aliphatic carbocycles. The van der Waals surface area contributed by atoms with Crippen molar-refractivity contribution in [1.29, 1.82) is 0 Å². The van der Waals surface area contributed by atoms with E-state index in [1.54, 1.807) is 11.8 Å². The van der Waals surface area contributed by atoms with E-state index in [0.29, 0.717) is 0 Å². The maximum atomic E-state index is 12.3. The molecule has 0 spiro atoms. The molecule has 1 atom stereocenters. The van der Waals surface area contributed by atoms with Crippen molar-refractivity contribution in [2.24, 2.45) is 0 Å². The molecule has 21 heavy (non-hydrogen) atoms. The number of nitrogens with one attached hydrogen (secondary N) is 2. The van der Waals surface area contributed by atoms with Crippen LogP contribution in [-0.2, 0) is 4.79 Å². The van der Waals surface area contributed by atoms with Crippen molar-refractivity contribution in [3.63, 3.8) is 0 Å². The molecule has 2 aromatic rings. The van der Waals surface area contributed by atoms with Crippen LogP contribution in [0.15, 0.2) is 57.9 Å². The first kappa shape index (κ1) is 15.9. The molecule has 2 aromatic carbocycles. The van der Waals surface area contributed by atoms with Gasteiger partial charge in [0.25, 0.3) is 0 Å². The van der Waals surface area contributed by atoms with Gasteiger partial charge in [-0.15, -0.1) is 11.8 Å². The molecule has 110 valence electrons. The van der Waals surface area contributed by atoms with Crippen molar-refractivity contribution in [3.05, 3.63) is 53.0 Å². The molecule has 0 aliphatic heterocycles. The lowest BCUT2D eigenvalue weighted by Crippen LogP contribution is -2.32. The molecule has 0 saturated carbocycles. The highest BCUT2D eigenvalue weighted by molar-refractivity contribution is 9.10. The van der Waals surface area contributed by atoms with Crippen LogP contribution in [0.2, 0.25) is 0 Å². The summed E-state index contributed by atoms with van der Waals surface area (Å²) in [5, 5.41) is 6.15. The molecule has 2 N–H and O–H groups in total. The minimum atomic E-state index is -0.318. The Morgan fingerprint density at radius 1 is 1.14 bits per heavy atom. The van der Waals surface area contributed by atoms with E-state index >= 15 is 0 Å². The number of para-hydroxylation sites is 1. The summed E-state index contributed by atoms with van der Waals surface area (Å²) in [6, 6.07) is 15.2. The number of hydrogen-bond donors (Lipinski definition) is 2. The molecule has 1 amide bonds. The second kappa shape index (κ2) is 7.52. The summed E-state index contributed by atoms with van der Waals surface area (Å²) >= 11 is 5.01. The molecular weight excluding hydrogens is 348 g/mol. The van der Waals surface area contributed by atoms with Gasteiger partial charge in [0.05, 0.1) is 5.69 Å². The number of carbonyl (C=O) groups excluding carboxylic acids is 1. The van der Waals surface area contributed by atoms with Crippen molar-refractivity contribution < 1.29 is 4.79 Å². The van der Waals surface area contributed by atoms with Crippen molar-refractivity contribution in [3.8, 4) is 0 Å². The number of benzene rings is 2. The molecular formula is C16H17BrN2OS. The van der Waals surface area contributed by atoms with E-state index in [-0.39, 0.29) is 11.9 Å². The number of rotatable bonds is 5. The second-order valence-electron chi connectivity index (χ2n) is 4.56. The zero-order chi connectivity index (χ0) is 15.2. The molecule has 0 radical (unpaired) electrons. The number of anilines is 2. The SMILES string of the molecule is CSc1ccccc1NC(=O)C(C)Nc1ccc(Br)cc1. The molecule has 0 saturated heterocycles. The first-order valence-electron chi connectivity index (χ1n) is 6.56. The van der Waals surface area contributed by atoms with Crippen LogP contribution in [0.4, 0.5) is 11.4 Å². The average molecular weight is 365 g/mol. The fourth-order valence-electron chi connectivity index (χ4n) is 1.85. The monoisotopic (exact) mass is 364 g/mol. The molecule has 0 heterocycles. The van der Waals surface area contributed by atoms with E-state index in [0.717, 1.165) is 20.7 Å². The number of thioether (sulfide) groups is 1. The van der Waals surface area contributed by atoms with Gasteiger partial charge < -0.3 is 10.6 Å². The predicted molar refractivity (Wildman–Crippen MR) is 94.1 cm³/mol. The highest BCUT2D eigenvalue weighted by Crippen LogP contribution is 2.24. The molecule has 5 heteroatoms. The van der Waals surface area contributed by atoms with Crippen molar-refractivity contribution in [1.82, 2.24) is 0 Å². The average Bonchev–Trinajstić information content (AvgIpc) is 2.50. The van der Waals surface area contributed by atoms with Gasteiger partial charge in [0.2, 0.25) is 5.91 Å².